The predicted molar refractivity (Wildman–Crippen MR) is 91.4 cm³/mol. The summed E-state index contributed by atoms with van der Waals surface area (Å²) < 4.78 is 13.0. The molecule has 4 nitrogen and oxygen atoms in total. The standard InChI is InChI=1S/C19H22FNO3/c1-13(2)21(17-7-9-18(23)10-8-17)19(24)15(12-22)11-14-3-5-16(20)6-4-14/h3-10,13,15,22-23H,11-12H2,1-2H3. The number of amides is 1. The second-order valence-corrected chi connectivity index (χ2v) is 6.03. The molecule has 24 heavy (non-hydrogen) atoms. The number of anilines is 1. The highest BCUT2D eigenvalue weighted by Crippen LogP contribution is 2.24. The third-order valence-corrected chi connectivity index (χ3v) is 3.85. The number of hydrogen-bond acceptors (Lipinski definition) is 3. The summed E-state index contributed by atoms with van der Waals surface area (Å²) in [4.78, 5) is 14.5. The molecule has 2 rings (SSSR count). The maximum absolute atomic E-state index is 13.0. The Labute approximate surface area is 141 Å². The fourth-order valence-electron chi connectivity index (χ4n) is 2.62. The van der Waals surface area contributed by atoms with Crippen molar-refractivity contribution in [2.45, 2.75) is 26.3 Å². The molecular formula is C19H22FNO3. The van der Waals surface area contributed by atoms with E-state index in [1.54, 1.807) is 29.2 Å². The van der Waals surface area contributed by atoms with Gasteiger partial charge in [0.25, 0.3) is 0 Å². The molecule has 0 saturated carbocycles. The van der Waals surface area contributed by atoms with Crippen molar-refractivity contribution in [3.63, 3.8) is 0 Å². The van der Waals surface area contributed by atoms with Gasteiger partial charge in [-0.05, 0) is 62.2 Å². The van der Waals surface area contributed by atoms with Crippen molar-refractivity contribution in [2.24, 2.45) is 5.92 Å². The molecule has 0 spiro atoms. The zero-order valence-electron chi connectivity index (χ0n) is 13.8. The smallest absolute Gasteiger partial charge is 0.232 e. The van der Waals surface area contributed by atoms with E-state index in [0.29, 0.717) is 12.1 Å². The quantitative estimate of drug-likeness (QED) is 0.855. The van der Waals surface area contributed by atoms with Crippen molar-refractivity contribution < 1.29 is 19.4 Å². The minimum Gasteiger partial charge on any atom is -0.508 e. The SMILES string of the molecule is CC(C)N(C(=O)C(CO)Cc1ccc(F)cc1)c1ccc(O)cc1. The van der Waals surface area contributed by atoms with Crippen LogP contribution in [0.4, 0.5) is 10.1 Å². The highest BCUT2D eigenvalue weighted by atomic mass is 19.1. The second kappa shape index (κ2) is 7.93. The fraction of sp³-hybridized carbons (Fsp3) is 0.316. The number of aliphatic hydroxyl groups is 1. The van der Waals surface area contributed by atoms with Crippen molar-refractivity contribution in [1.82, 2.24) is 0 Å². The maximum Gasteiger partial charge on any atom is 0.232 e. The molecule has 0 bridgehead atoms. The molecule has 0 heterocycles. The first-order chi connectivity index (χ1) is 11.4. The number of nitrogens with zero attached hydrogens (tertiary/aromatic N) is 1. The van der Waals surface area contributed by atoms with Crippen molar-refractivity contribution in [1.29, 1.82) is 0 Å². The van der Waals surface area contributed by atoms with Gasteiger partial charge in [0, 0.05) is 11.7 Å². The molecular weight excluding hydrogens is 309 g/mol. The van der Waals surface area contributed by atoms with Crippen molar-refractivity contribution in [3.8, 4) is 5.75 Å². The molecule has 0 aliphatic carbocycles. The van der Waals surface area contributed by atoms with Crippen LogP contribution in [0.2, 0.25) is 0 Å². The minimum absolute atomic E-state index is 0.107. The topological polar surface area (TPSA) is 60.8 Å². The van der Waals surface area contributed by atoms with Gasteiger partial charge in [-0.3, -0.25) is 4.79 Å². The van der Waals surface area contributed by atoms with E-state index in [4.69, 9.17) is 0 Å². The number of rotatable bonds is 6. The van der Waals surface area contributed by atoms with Crippen LogP contribution in [-0.2, 0) is 11.2 Å². The van der Waals surface area contributed by atoms with Crippen LogP contribution in [-0.4, -0.2) is 28.8 Å². The Morgan fingerprint density at radius 2 is 1.67 bits per heavy atom. The highest BCUT2D eigenvalue weighted by Gasteiger charge is 2.27. The normalized spacial score (nSPS) is 12.2. The molecule has 1 atom stereocenters. The third kappa shape index (κ3) is 4.32. The summed E-state index contributed by atoms with van der Waals surface area (Å²) in [5.41, 5.74) is 1.45. The van der Waals surface area contributed by atoms with E-state index in [9.17, 15) is 19.4 Å². The van der Waals surface area contributed by atoms with Crippen molar-refractivity contribution in [3.05, 3.63) is 59.9 Å². The van der Waals surface area contributed by atoms with Crippen LogP contribution in [0.3, 0.4) is 0 Å². The van der Waals surface area contributed by atoms with E-state index < -0.39 is 5.92 Å². The fourth-order valence-corrected chi connectivity index (χ4v) is 2.62. The van der Waals surface area contributed by atoms with E-state index in [-0.39, 0.29) is 30.1 Å². The van der Waals surface area contributed by atoms with Gasteiger partial charge in [-0.25, -0.2) is 4.39 Å². The van der Waals surface area contributed by atoms with Gasteiger partial charge in [-0.1, -0.05) is 12.1 Å². The van der Waals surface area contributed by atoms with Crippen LogP contribution < -0.4 is 4.90 Å². The third-order valence-electron chi connectivity index (χ3n) is 3.85. The number of aromatic hydroxyl groups is 1. The van der Waals surface area contributed by atoms with Crippen LogP contribution in [0.15, 0.2) is 48.5 Å². The van der Waals surface area contributed by atoms with Crippen LogP contribution in [0.25, 0.3) is 0 Å². The van der Waals surface area contributed by atoms with Crippen molar-refractivity contribution >= 4 is 11.6 Å². The summed E-state index contributed by atoms with van der Waals surface area (Å²) in [6, 6.07) is 12.2. The Bertz CT molecular complexity index is 668. The Hall–Kier alpha value is -2.40. The van der Waals surface area contributed by atoms with Crippen molar-refractivity contribution in [2.75, 3.05) is 11.5 Å². The molecule has 0 aliphatic rings. The summed E-state index contributed by atoms with van der Waals surface area (Å²) in [6.45, 7) is 3.48. The maximum atomic E-state index is 13.0. The molecule has 0 radical (unpaired) electrons. The molecule has 2 N–H and O–H groups in total. The van der Waals surface area contributed by atoms with E-state index in [0.717, 1.165) is 5.56 Å². The van der Waals surface area contributed by atoms with Crippen LogP contribution in [0.5, 0.6) is 5.75 Å². The lowest BCUT2D eigenvalue weighted by Crippen LogP contribution is -2.43. The van der Waals surface area contributed by atoms with Crippen LogP contribution in [0, 0.1) is 11.7 Å². The Balaban J connectivity index is 2.22. The van der Waals surface area contributed by atoms with E-state index in [1.807, 2.05) is 13.8 Å². The molecule has 1 unspecified atom stereocenters. The van der Waals surface area contributed by atoms with E-state index in [1.165, 1.54) is 24.3 Å². The van der Waals surface area contributed by atoms with Crippen LogP contribution in [0.1, 0.15) is 19.4 Å². The largest absolute Gasteiger partial charge is 0.508 e. The summed E-state index contributed by atoms with van der Waals surface area (Å²) >= 11 is 0. The average Bonchev–Trinajstić information content (AvgIpc) is 2.56. The lowest BCUT2D eigenvalue weighted by atomic mass is 9.97. The molecule has 0 aliphatic heterocycles. The van der Waals surface area contributed by atoms with E-state index in [2.05, 4.69) is 0 Å². The number of phenolic OH excluding ortho intramolecular Hbond substituents is 1. The summed E-state index contributed by atoms with van der Waals surface area (Å²) in [6.07, 6.45) is 0.330. The number of carbonyl (C=O) groups excluding carboxylic acids is 1. The number of carbonyl (C=O) groups is 1. The Kier molecular flexibility index (Phi) is 5.93. The van der Waals surface area contributed by atoms with Gasteiger partial charge in [0.15, 0.2) is 0 Å². The molecule has 5 heteroatoms. The minimum atomic E-state index is -0.619. The first kappa shape index (κ1) is 17.9. The van der Waals surface area contributed by atoms with Gasteiger partial charge in [0.1, 0.15) is 11.6 Å². The molecule has 128 valence electrons. The van der Waals surface area contributed by atoms with Gasteiger partial charge in [-0.15, -0.1) is 0 Å². The first-order valence-corrected chi connectivity index (χ1v) is 7.89. The second-order valence-electron chi connectivity index (χ2n) is 6.03. The number of benzene rings is 2. The number of halogens is 1. The monoisotopic (exact) mass is 331 g/mol. The lowest BCUT2D eigenvalue weighted by Gasteiger charge is -2.30. The molecule has 2 aromatic carbocycles. The zero-order chi connectivity index (χ0) is 17.7. The van der Waals surface area contributed by atoms with Gasteiger partial charge in [-0.2, -0.15) is 0 Å². The predicted octanol–water partition coefficient (Wildman–Crippen LogP) is 3.12. The molecule has 0 fully saturated rings. The number of hydrogen-bond donors (Lipinski definition) is 2. The molecule has 0 aromatic heterocycles. The van der Waals surface area contributed by atoms with E-state index >= 15 is 0 Å². The number of aliphatic hydroxyl groups excluding tert-OH is 1. The van der Waals surface area contributed by atoms with Gasteiger partial charge in [0.2, 0.25) is 5.91 Å². The van der Waals surface area contributed by atoms with Gasteiger partial charge >= 0.3 is 0 Å². The summed E-state index contributed by atoms with van der Waals surface area (Å²) in [5.74, 6) is -1.03. The lowest BCUT2D eigenvalue weighted by molar-refractivity contribution is -0.123. The first-order valence-electron chi connectivity index (χ1n) is 7.89. The average molecular weight is 331 g/mol. The molecule has 2 aromatic rings. The summed E-state index contributed by atoms with van der Waals surface area (Å²) in [7, 11) is 0. The van der Waals surface area contributed by atoms with Crippen LogP contribution >= 0.6 is 0 Å². The highest BCUT2D eigenvalue weighted by molar-refractivity contribution is 5.95. The summed E-state index contributed by atoms with van der Waals surface area (Å²) in [5, 5.41) is 19.1. The Morgan fingerprint density at radius 3 is 2.17 bits per heavy atom. The molecule has 1 amide bonds. The molecule has 0 saturated heterocycles. The Morgan fingerprint density at radius 1 is 1.08 bits per heavy atom. The number of phenols is 1. The van der Waals surface area contributed by atoms with Gasteiger partial charge in [0.05, 0.1) is 12.5 Å². The van der Waals surface area contributed by atoms with Gasteiger partial charge < -0.3 is 15.1 Å². The zero-order valence-corrected chi connectivity index (χ0v) is 13.8.